The van der Waals surface area contributed by atoms with E-state index in [4.69, 9.17) is 9.47 Å². The van der Waals surface area contributed by atoms with Crippen molar-refractivity contribution < 1.29 is 36.9 Å². The molecule has 5 nitrogen and oxygen atoms in total. The summed E-state index contributed by atoms with van der Waals surface area (Å²) >= 11 is 0. The second-order valence-electron chi connectivity index (χ2n) is 9.82. The maximum Gasteiger partial charge on any atom is 0.416 e. The Morgan fingerprint density at radius 3 is 2.70 bits per heavy atom. The van der Waals surface area contributed by atoms with E-state index >= 15 is 0 Å². The van der Waals surface area contributed by atoms with Crippen molar-refractivity contribution in [3.8, 4) is 11.5 Å². The number of carboxylic acid groups (broad SMARTS) is 1. The average Bonchev–Trinajstić information content (AvgIpc) is 2.83. The van der Waals surface area contributed by atoms with E-state index in [1.54, 1.807) is 18.2 Å². The van der Waals surface area contributed by atoms with Crippen molar-refractivity contribution in [2.45, 2.75) is 39.5 Å². The molecule has 37 heavy (non-hydrogen) atoms. The van der Waals surface area contributed by atoms with Crippen molar-refractivity contribution in [3.63, 3.8) is 0 Å². The molecule has 0 aliphatic carbocycles. The Morgan fingerprint density at radius 2 is 2.00 bits per heavy atom. The lowest BCUT2D eigenvalue weighted by atomic mass is 9.96. The number of benzene rings is 2. The molecule has 2 aliphatic rings. The van der Waals surface area contributed by atoms with Crippen LogP contribution in [0.1, 0.15) is 42.5 Å². The first kappa shape index (κ1) is 26.7. The molecule has 0 amide bonds. The molecule has 4 rings (SSSR count). The predicted molar refractivity (Wildman–Crippen MR) is 131 cm³/mol. The average molecular weight is 520 g/mol. The third kappa shape index (κ3) is 6.71. The zero-order valence-electron chi connectivity index (χ0n) is 20.7. The van der Waals surface area contributed by atoms with Crippen molar-refractivity contribution in [2.24, 2.45) is 5.92 Å². The molecule has 0 aromatic heterocycles. The van der Waals surface area contributed by atoms with Crippen LogP contribution in [0, 0.1) is 11.7 Å². The summed E-state index contributed by atoms with van der Waals surface area (Å²) in [4.78, 5) is 13.2. The first-order valence-corrected chi connectivity index (χ1v) is 12.1. The molecule has 0 atom stereocenters. The number of carbonyl (C=O) groups is 1. The van der Waals surface area contributed by atoms with E-state index in [0.29, 0.717) is 43.6 Å². The summed E-state index contributed by atoms with van der Waals surface area (Å²) in [5.74, 6) is -0.997. The minimum absolute atomic E-state index is 0.0788. The topological polar surface area (TPSA) is 59.0 Å². The summed E-state index contributed by atoms with van der Waals surface area (Å²) in [6.45, 7) is 5.25. The van der Waals surface area contributed by atoms with Crippen LogP contribution >= 0.6 is 0 Å². The van der Waals surface area contributed by atoms with Crippen LogP contribution in [0.2, 0.25) is 0 Å². The van der Waals surface area contributed by atoms with Gasteiger partial charge in [-0.15, -0.1) is 0 Å². The fraction of sp³-hybridized carbons (Fsp3) is 0.393. The van der Waals surface area contributed by atoms with Gasteiger partial charge >= 0.3 is 12.1 Å². The molecule has 0 saturated carbocycles. The smallest absolute Gasteiger partial charge is 0.416 e. The van der Waals surface area contributed by atoms with Crippen LogP contribution < -0.4 is 9.47 Å². The SMILES string of the molecule is CC(C)Cc1ccc(COc2cc(F)c3c(c2)OCC(CN2CCC=C(C(=O)O)C2)=C3)cc1C(F)(F)F. The molecule has 0 spiro atoms. The van der Waals surface area contributed by atoms with Crippen LogP contribution in [0.3, 0.4) is 0 Å². The fourth-order valence-corrected chi connectivity index (χ4v) is 4.56. The normalized spacial score (nSPS) is 16.1. The monoisotopic (exact) mass is 519 g/mol. The summed E-state index contributed by atoms with van der Waals surface area (Å²) in [6.07, 6.45) is -0.124. The summed E-state index contributed by atoms with van der Waals surface area (Å²) in [5, 5.41) is 9.22. The Kier molecular flexibility index (Phi) is 7.92. The third-order valence-corrected chi connectivity index (χ3v) is 6.27. The lowest BCUT2D eigenvalue weighted by molar-refractivity contribution is -0.138. The van der Waals surface area contributed by atoms with E-state index in [2.05, 4.69) is 0 Å². The van der Waals surface area contributed by atoms with Gasteiger partial charge in [0.2, 0.25) is 0 Å². The van der Waals surface area contributed by atoms with Gasteiger partial charge in [-0.3, -0.25) is 4.90 Å². The number of aliphatic carboxylic acids is 1. The molecule has 2 aromatic rings. The quantitative estimate of drug-likeness (QED) is 0.426. The molecule has 0 saturated heterocycles. The Hall–Kier alpha value is -3.33. The van der Waals surface area contributed by atoms with Gasteiger partial charge in [0.1, 0.15) is 30.5 Å². The zero-order chi connectivity index (χ0) is 26.7. The van der Waals surface area contributed by atoms with Gasteiger partial charge in [-0.2, -0.15) is 13.2 Å². The number of fused-ring (bicyclic) bond motifs is 1. The first-order valence-electron chi connectivity index (χ1n) is 12.1. The largest absolute Gasteiger partial charge is 0.489 e. The second kappa shape index (κ2) is 11.0. The lowest BCUT2D eigenvalue weighted by Gasteiger charge is -2.28. The number of carboxylic acids is 1. The van der Waals surface area contributed by atoms with Crippen molar-refractivity contribution in [2.75, 3.05) is 26.2 Å². The predicted octanol–water partition coefficient (Wildman–Crippen LogP) is 6.11. The van der Waals surface area contributed by atoms with Crippen LogP contribution in [0.5, 0.6) is 11.5 Å². The Balaban J connectivity index is 1.45. The highest BCUT2D eigenvalue weighted by molar-refractivity contribution is 5.87. The maximum absolute atomic E-state index is 14.9. The van der Waals surface area contributed by atoms with E-state index in [0.717, 1.165) is 11.6 Å². The van der Waals surface area contributed by atoms with Crippen molar-refractivity contribution in [3.05, 3.63) is 75.6 Å². The number of halogens is 4. The van der Waals surface area contributed by atoms with E-state index in [-0.39, 0.29) is 41.8 Å². The lowest BCUT2D eigenvalue weighted by Crippen LogP contribution is -2.35. The number of ether oxygens (including phenoxy) is 2. The number of hydrogen-bond acceptors (Lipinski definition) is 4. The molecule has 1 N–H and O–H groups in total. The Bertz CT molecular complexity index is 1230. The van der Waals surface area contributed by atoms with E-state index in [9.17, 15) is 27.5 Å². The summed E-state index contributed by atoms with van der Waals surface area (Å²) < 4.78 is 67.0. The third-order valence-electron chi connectivity index (χ3n) is 6.27. The molecule has 0 bridgehead atoms. The number of nitrogens with zero attached hydrogens (tertiary/aromatic N) is 1. The molecule has 2 heterocycles. The highest BCUT2D eigenvalue weighted by atomic mass is 19.4. The minimum atomic E-state index is -4.48. The summed E-state index contributed by atoms with van der Waals surface area (Å²) in [7, 11) is 0. The molecular formula is C28H29F4NO4. The highest BCUT2D eigenvalue weighted by Gasteiger charge is 2.33. The fourth-order valence-electron chi connectivity index (χ4n) is 4.56. The molecule has 0 unspecified atom stereocenters. The number of rotatable bonds is 8. The first-order chi connectivity index (χ1) is 17.5. The highest BCUT2D eigenvalue weighted by Crippen LogP contribution is 2.36. The van der Waals surface area contributed by atoms with Crippen LogP contribution in [0.25, 0.3) is 6.08 Å². The molecular weight excluding hydrogens is 490 g/mol. The van der Waals surface area contributed by atoms with Crippen LogP contribution in [-0.2, 0) is 24.0 Å². The van der Waals surface area contributed by atoms with Gasteiger partial charge in [-0.1, -0.05) is 32.1 Å². The molecule has 0 fully saturated rings. The van der Waals surface area contributed by atoms with Gasteiger partial charge in [0, 0.05) is 37.3 Å². The van der Waals surface area contributed by atoms with Crippen LogP contribution in [0.4, 0.5) is 17.6 Å². The van der Waals surface area contributed by atoms with Crippen molar-refractivity contribution >= 4 is 12.0 Å². The molecule has 0 radical (unpaired) electrons. The summed E-state index contributed by atoms with van der Waals surface area (Å²) in [6, 6.07) is 6.87. The summed E-state index contributed by atoms with van der Waals surface area (Å²) in [5.41, 5.74) is 1.30. The van der Waals surface area contributed by atoms with E-state index in [1.807, 2.05) is 18.7 Å². The number of alkyl halides is 3. The van der Waals surface area contributed by atoms with Gasteiger partial charge < -0.3 is 14.6 Å². The van der Waals surface area contributed by atoms with Crippen molar-refractivity contribution in [1.82, 2.24) is 4.90 Å². The molecule has 2 aromatic carbocycles. The zero-order valence-corrected chi connectivity index (χ0v) is 20.7. The Labute approximate surface area is 213 Å². The Morgan fingerprint density at radius 1 is 1.22 bits per heavy atom. The second-order valence-corrected chi connectivity index (χ2v) is 9.82. The minimum Gasteiger partial charge on any atom is -0.489 e. The van der Waals surface area contributed by atoms with Gasteiger partial charge in [0.25, 0.3) is 0 Å². The standard InChI is InChI=1S/C28H29F4NO4/c1-17(2)8-20-6-5-18(10-24(20)28(30,31)32)15-36-22-11-25(29)23-9-19(16-37-26(23)12-22)13-33-7-3-4-21(14-33)27(34)35/h4-6,9-12,17H,3,7-8,13-16H2,1-2H3,(H,34,35). The van der Waals surface area contributed by atoms with Crippen LogP contribution in [-0.4, -0.2) is 42.2 Å². The number of hydrogen-bond donors (Lipinski definition) is 1. The van der Waals surface area contributed by atoms with E-state index in [1.165, 1.54) is 18.2 Å². The maximum atomic E-state index is 14.9. The molecule has 9 heteroatoms. The van der Waals surface area contributed by atoms with Gasteiger partial charge in [-0.25, -0.2) is 9.18 Å². The van der Waals surface area contributed by atoms with E-state index < -0.39 is 23.5 Å². The molecule has 2 aliphatic heterocycles. The van der Waals surface area contributed by atoms with Crippen molar-refractivity contribution in [1.29, 1.82) is 0 Å². The van der Waals surface area contributed by atoms with Crippen LogP contribution in [0.15, 0.2) is 47.6 Å². The van der Waals surface area contributed by atoms with Gasteiger partial charge in [0.15, 0.2) is 0 Å². The van der Waals surface area contributed by atoms with Gasteiger partial charge in [0.05, 0.1) is 11.1 Å². The van der Waals surface area contributed by atoms with Gasteiger partial charge in [-0.05, 0) is 47.6 Å². The molecule has 198 valence electrons.